The van der Waals surface area contributed by atoms with Crippen LogP contribution in [0.5, 0.6) is 0 Å². The summed E-state index contributed by atoms with van der Waals surface area (Å²) in [6, 6.07) is 3.46. The van der Waals surface area contributed by atoms with Crippen LogP contribution in [0.1, 0.15) is 41.2 Å². The summed E-state index contributed by atoms with van der Waals surface area (Å²) in [5, 5.41) is 11.4. The Kier molecular flexibility index (Phi) is 6.29. The number of carboxylic acids is 1. The van der Waals surface area contributed by atoms with Crippen LogP contribution >= 0.6 is 11.3 Å². The maximum absolute atomic E-state index is 11.9. The first-order valence-corrected chi connectivity index (χ1v) is 7.17. The van der Waals surface area contributed by atoms with E-state index in [2.05, 4.69) is 19.2 Å². The van der Waals surface area contributed by atoms with Gasteiger partial charge in [0.1, 0.15) is 0 Å². The second-order valence-corrected chi connectivity index (χ2v) is 5.38. The van der Waals surface area contributed by atoms with Crippen molar-refractivity contribution in [3.63, 3.8) is 0 Å². The van der Waals surface area contributed by atoms with Crippen LogP contribution in [0.4, 0.5) is 0 Å². The van der Waals surface area contributed by atoms with Gasteiger partial charge in [-0.05, 0) is 24.1 Å². The number of hydrogen-bond donors (Lipinski definition) is 2. The van der Waals surface area contributed by atoms with Crippen molar-refractivity contribution < 1.29 is 14.7 Å². The van der Waals surface area contributed by atoms with E-state index in [1.165, 1.54) is 17.4 Å². The van der Waals surface area contributed by atoms with Crippen LogP contribution in [0, 0.1) is 5.92 Å². The van der Waals surface area contributed by atoms with Crippen molar-refractivity contribution in [3.05, 3.63) is 28.0 Å². The van der Waals surface area contributed by atoms with E-state index in [-0.39, 0.29) is 5.91 Å². The summed E-state index contributed by atoms with van der Waals surface area (Å²) < 4.78 is 0. The average molecular weight is 281 g/mol. The van der Waals surface area contributed by atoms with Crippen LogP contribution in [-0.4, -0.2) is 23.5 Å². The quantitative estimate of drug-likeness (QED) is 0.755. The molecule has 0 unspecified atom stereocenters. The van der Waals surface area contributed by atoms with E-state index in [0.717, 1.165) is 23.8 Å². The summed E-state index contributed by atoms with van der Waals surface area (Å²) in [5.41, 5.74) is 0. The van der Waals surface area contributed by atoms with E-state index in [4.69, 9.17) is 5.11 Å². The summed E-state index contributed by atoms with van der Waals surface area (Å²) in [7, 11) is 0. The molecule has 0 saturated carbocycles. The van der Waals surface area contributed by atoms with Crippen molar-refractivity contribution in [2.24, 2.45) is 5.92 Å². The van der Waals surface area contributed by atoms with Gasteiger partial charge >= 0.3 is 5.97 Å². The van der Waals surface area contributed by atoms with Crippen LogP contribution < -0.4 is 5.32 Å². The first-order chi connectivity index (χ1) is 9.06. The number of carboxylic acid groups (broad SMARTS) is 1. The predicted octanol–water partition coefficient (Wildman–Crippen LogP) is 3.01. The molecule has 0 saturated heterocycles. The first kappa shape index (κ1) is 15.4. The summed E-state index contributed by atoms with van der Waals surface area (Å²) in [6.07, 6.45) is 4.66. The van der Waals surface area contributed by atoms with Gasteiger partial charge in [-0.1, -0.05) is 26.7 Å². The fourth-order valence-corrected chi connectivity index (χ4v) is 2.45. The SMILES string of the molecule is CCC(CC)CNC(=O)c1ccc(/C=C/C(=O)O)s1. The van der Waals surface area contributed by atoms with E-state index >= 15 is 0 Å². The van der Waals surface area contributed by atoms with E-state index in [9.17, 15) is 9.59 Å². The highest BCUT2D eigenvalue weighted by atomic mass is 32.1. The van der Waals surface area contributed by atoms with Gasteiger partial charge in [0.2, 0.25) is 0 Å². The van der Waals surface area contributed by atoms with Crippen molar-refractivity contribution in [1.82, 2.24) is 5.32 Å². The highest BCUT2D eigenvalue weighted by Gasteiger charge is 2.10. The number of carbonyl (C=O) groups excluding carboxylic acids is 1. The van der Waals surface area contributed by atoms with Crippen LogP contribution in [0.3, 0.4) is 0 Å². The van der Waals surface area contributed by atoms with Crippen LogP contribution in [0.25, 0.3) is 6.08 Å². The standard InChI is InChI=1S/C14H19NO3S/c1-3-10(4-2)9-15-14(18)12-7-5-11(19-12)6-8-13(16)17/h5-8,10H,3-4,9H2,1-2H3,(H,15,18)(H,16,17)/b8-6+. The molecule has 1 heterocycles. The van der Waals surface area contributed by atoms with Gasteiger partial charge in [-0.3, -0.25) is 4.79 Å². The van der Waals surface area contributed by atoms with Gasteiger partial charge in [0.15, 0.2) is 0 Å². The molecule has 0 aromatic carbocycles. The molecule has 1 aromatic rings. The topological polar surface area (TPSA) is 66.4 Å². The summed E-state index contributed by atoms with van der Waals surface area (Å²) >= 11 is 1.29. The lowest BCUT2D eigenvalue weighted by molar-refractivity contribution is -0.131. The minimum atomic E-state index is -0.992. The van der Waals surface area contributed by atoms with Crippen molar-refractivity contribution in [3.8, 4) is 0 Å². The monoisotopic (exact) mass is 281 g/mol. The smallest absolute Gasteiger partial charge is 0.328 e. The maximum atomic E-state index is 11.9. The minimum absolute atomic E-state index is 0.0909. The lowest BCUT2D eigenvalue weighted by atomic mass is 10.0. The Bertz CT molecular complexity index is 461. The van der Waals surface area contributed by atoms with Gasteiger partial charge in [0, 0.05) is 17.5 Å². The molecule has 0 atom stereocenters. The molecule has 1 rings (SSSR count). The molecule has 0 radical (unpaired) electrons. The van der Waals surface area contributed by atoms with E-state index in [1.807, 2.05) is 0 Å². The molecule has 104 valence electrons. The molecular weight excluding hydrogens is 262 g/mol. The Morgan fingerprint density at radius 2 is 2.05 bits per heavy atom. The lowest BCUT2D eigenvalue weighted by Crippen LogP contribution is -2.28. The van der Waals surface area contributed by atoms with Gasteiger partial charge < -0.3 is 10.4 Å². The van der Waals surface area contributed by atoms with Gasteiger partial charge in [-0.15, -0.1) is 11.3 Å². The molecule has 19 heavy (non-hydrogen) atoms. The predicted molar refractivity (Wildman–Crippen MR) is 77.4 cm³/mol. The number of rotatable bonds is 7. The number of thiophene rings is 1. The van der Waals surface area contributed by atoms with Gasteiger partial charge in [-0.2, -0.15) is 0 Å². The van der Waals surface area contributed by atoms with E-state index in [0.29, 0.717) is 17.3 Å². The van der Waals surface area contributed by atoms with Gasteiger partial charge in [-0.25, -0.2) is 4.79 Å². The molecule has 0 fully saturated rings. The number of amides is 1. The second kappa shape index (κ2) is 7.74. The third kappa shape index (κ3) is 5.26. The maximum Gasteiger partial charge on any atom is 0.328 e. The molecule has 0 aliphatic carbocycles. The van der Waals surface area contributed by atoms with Crippen LogP contribution in [0.2, 0.25) is 0 Å². The Morgan fingerprint density at radius 1 is 1.37 bits per heavy atom. The fourth-order valence-electron chi connectivity index (χ4n) is 1.62. The fraction of sp³-hybridized carbons (Fsp3) is 0.429. The van der Waals surface area contributed by atoms with Gasteiger partial charge in [0.25, 0.3) is 5.91 Å². The zero-order valence-corrected chi connectivity index (χ0v) is 12.0. The van der Waals surface area contributed by atoms with Gasteiger partial charge in [0.05, 0.1) is 4.88 Å². The Hall–Kier alpha value is -1.62. The van der Waals surface area contributed by atoms with Crippen LogP contribution in [-0.2, 0) is 4.79 Å². The average Bonchev–Trinajstić information content (AvgIpc) is 2.86. The zero-order valence-electron chi connectivity index (χ0n) is 11.2. The van der Waals surface area contributed by atoms with Crippen LogP contribution in [0.15, 0.2) is 18.2 Å². The molecule has 1 aromatic heterocycles. The summed E-state index contributed by atoms with van der Waals surface area (Å²) in [6.45, 7) is 4.91. The van der Waals surface area contributed by atoms with Crippen molar-refractivity contribution in [2.75, 3.05) is 6.54 Å². The van der Waals surface area contributed by atoms with E-state index in [1.54, 1.807) is 12.1 Å². The molecule has 0 aliphatic heterocycles. The Labute approximate surface area is 117 Å². The molecule has 5 heteroatoms. The normalized spacial score (nSPS) is 11.1. The largest absolute Gasteiger partial charge is 0.478 e. The summed E-state index contributed by atoms with van der Waals surface area (Å²) in [5.74, 6) is -0.574. The second-order valence-electron chi connectivity index (χ2n) is 4.27. The molecule has 0 spiro atoms. The van der Waals surface area contributed by atoms with Crippen molar-refractivity contribution in [1.29, 1.82) is 0 Å². The van der Waals surface area contributed by atoms with Crippen molar-refractivity contribution in [2.45, 2.75) is 26.7 Å². The molecule has 0 bridgehead atoms. The van der Waals surface area contributed by atoms with Crippen molar-refractivity contribution >= 4 is 29.3 Å². The zero-order chi connectivity index (χ0) is 14.3. The highest BCUT2D eigenvalue weighted by molar-refractivity contribution is 7.14. The molecule has 4 nitrogen and oxygen atoms in total. The third-order valence-electron chi connectivity index (χ3n) is 2.95. The highest BCUT2D eigenvalue weighted by Crippen LogP contribution is 2.18. The summed E-state index contributed by atoms with van der Waals surface area (Å²) in [4.78, 5) is 23.7. The number of hydrogen-bond acceptors (Lipinski definition) is 3. The number of aliphatic carboxylic acids is 1. The Morgan fingerprint density at radius 3 is 2.63 bits per heavy atom. The third-order valence-corrected chi connectivity index (χ3v) is 4.00. The minimum Gasteiger partial charge on any atom is -0.478 e. The molecule has 2 N–H and O–H groups in total. The first-order valence-electron chi connectivity index (χ1n) is 6.35. The molecule has 1 amide bonds. The molecule has 0 aliphatic rings. The number of carbonyl (C=O) groups is 2. The van der Waals surface area contributed by atoms with E-state index < -0.39 is 5.97 Å². The Balaban J connectivity index is 2.56. The lowest BCUT2D eigenvalue weighted by Gasteiger charge is -2.12. The molecular formula is C14H19NO3S. The number of nitrogens with one attached hydrogen (secondary N) is 1.